The monoisotopic (exact) mass is 307 g/mol. The number of imide groups is 1. The highest BCUT2D eigenvalue weighted by atomic mass is 16.5. The van der Waals surface area contributed by atoms with Gasteiger partial charge >= 0.3 is 0 Å². The second-order valence-corrected chi connectivity index (χ2v) is 6.52. The molecule has 0 spiro atoms. The lowest BCUT2D eigenvalue weighted by atomic mass is 9.98. The molecule has 122 valence electrons. The van der Waals surface area contributed by atoms with Crippen LogP contribution in [-0.2, 0) is 19.1 Å². The average molecular weight is 307 g/mol. The molecule has 1 aliphatic rings. The lowest BCUT2D eigenvalue weighted by Gasteiger charge is -2.35. The molecular weight excluding hydrogens is 282 g/mol. The normalized spacial score (nSPS) is 15.5. The van der Waals surface area contributed by atoms with E-state index in [4.69, 9.17) is 15.9 Å². The predicted octanol–water partition coefficient (Wildman–Crippen LogP) is 1.92. The van der Waals surface area contributed by atoms with Crippen LogP contribution in [0.5, 0.6) is 0 Å². The van der Waals surface area contributed by atoms with Crippen LogP contribution in [0.2, 0.25) is 0 Å². The van der Waals surface area contributed by atoms with Gasteiger partial charge in [0.05, 0.1) is 12.2 Å². The number of amides is 2. The van der Waals surface area contributed by atoms with E-state index in [2.05, 4.69) is 5.92 Å². The van der Waals surface area contributed by atoms with Crippen LogP contribution in [0, 0.1) is 12.3 Å². The first-order chi connectivity index (χ1) is 10.2. The third-order valence-corrected chi connectivity index (χ3v) is 3.66. The predicted molar refractivity (Wildman–Crippen MR) is 84.0 cm³/mol. The summed E-state index contributed by atoms with van der Waals surface area (Å²) in [4.78, 5) is 24.8. The minimum Gasteiger partial charge on any atom is -0.375 e. The zero-order valence-corrected chi connectivity index (χ0v) is 13.8. The molecule has 2 amide bonds. The van der Waals surface area contributed by atoms with Crippen molar-refractivity contribution in [1.29, 1.82) is 0 Å². The lowest BCUT2D eigenvalue weighted by Crippen LogP contribution is -2.48. The van der Waals surface area contributed by atoms with Gasteiger partial charge in [-0.2, -0.15) is 0 Å². The van der Waals surface area contributed by atoms with Crippen LogP contribution in [0.25, 0.3) is 0 Å². The number of terminal acetylenes is 1. The van der Waals surface area contributed by atoms with Crippen molar-refractivity contribution in [2.45, 2.75) is 51.7 Å². The highest BCUT2D eigenvalue weighted by Crippen LogP contribution is 2.24. The molecule has 0 aromatic heterocycles. The summed E-state index contributed by atoms with van der Waals surface area (Å²) in [7, 11) is 0. The molecule has 5 nitrogen and oxygen atoms in total. The fraction of sp³-hybridized carbons (Fsp3) is 0.647. The molecule has 0 fully saturated rings. The minimum atomic E-state index is -0.576. The number of nitrogens with zero attached hydrogens (tertiary/aromatic N) is 1. The molecule has 1 rings (SSSR count). The van der Waals surface area contributed by atoms with E-state index < -0.39 is 5.54 Å². The van der Waals surface area contributed by atoms with E-state index in [0.717, 1.165) is 6.42 Å². The summed E-state index contributed by atoms with van der Waals surface area (Å²) in [6, 6.07) is 0. The maximum absolute atomic E-state index is 11.7. The van der Waals surface area contributed by atoms with Crippen molar-refractivity contribution in [3.63, 3.8) is 0 Å². The van der Waals surface area contributed by atoms with Crippen LogP contribution in [0.15, 0.2) is 12.2 Å². The third kappa shape index (κ3) is 5.28. The summed E-state index contributed by atoms with van der Waals surface area (Å²) in [5, 5.41) is 0. The van der Waals surface area contributed by atoms with Gasteiger partial charge in [-0.05, 0) is 40.5 Å². The largest absolute Gasteiger partial charge is 0.375 e. The van der Waals surface area contributed by atoms with Crippen LogP contribution in [0.3, 0.4) is 0 Å². The molecule has 0 aromatic carbocycles. The van der Waals surface area contributed by atoms with E-state index in [1.807, 2.05) is 27.7 Å². The third-order valence-electron chi connectivity index (χ3n) is 3.66. The highest BCUT2D eigenvalue weighted by Gasteiger charge is 2.37. The Morgan fingerprint density at radius 3 is 2.23 bits per heavy atom. The zero-order chi connectivity index (χ0) is 16.8. The number of hydrogen-bond acceptors (Lipinski definition) is 4. The quantitative estimate of drug-likeness (QED) is 0.371. The SMILES string of the molecule is C#CCOCCC(C)(C)OCCC(C)(C)N1C(=O)C=CC1=O. The fourth-order valence-corrected chi connectivity index (χ4v) is 2.21. The second-order valence-electron chi connectivity index (χ2n) is 6.52. The van der Waals surface area contributed by atoms with E-state index in [9.17, 15) is 9.59 Å². The van der Waals surface area contributed by atoms with E-state index in [1.165, 1.54) is 17.1 Å². The Hall–Kier alpha value is -1.64. The first-order valence-electron chi connectivity index (χ1n) is 7.41. The maximum atomic E-state index is 11.7. The summed E-state index contributed by atoms with van der Waals surface area (Å²) in [5.74, 6) is 1.88. The lowest BCUT2D eigenvalue weighted by molar-refractivity contribution is -0.144. The van der Waals surface area contributed by atoms with Crippen LogP contribution in [0.4, 0.5) is 0 Å². The van der Waals surface area contributed by atoms with Crippen LogP contribution >= 0.6 is 0 Å². The first kappa shape index (κ1) is 18.4. The molecule has 0 aliphatic carbocycles. The van der Waals surface area contributed by atoms with E-state index in [0.29, 0.717) is 26.2 Å². The van der Waals surface area contributed by atoms with Crippen LogP contribution in [-0.4, -0.2) is 47.7 Å². The topological polar surface area (TPSA) is 55.8 Å². The summed E-state index contributed by atoms with van der Waals surface area (Å²) in [5.41, 5.74) is -0.921. The summed E-state index contributed by atoms with van der Waals surface area (Å²) in [6.07, 6.45) is 9.01. The average Bonchev–Trinajstić information content (AvgIpc) is 2.74. The van der Waals surface area contributed by atoms with Gasteiger partial charge in [-0.3, -0.25) is 14.5 Å². The summed E-state index contributed by atoms with van der Waals surface area (Å²) in [6.45, 7) is 8.97. The van der Waals surface area contributed by atoms with Crippen molar-refractivity contribution in [3.8, 4) is 12.3 Å². The van der Waals surface area contributed by atoms with Crippen molar-refractivity contribution in [1.82, 2.24) is 4.90 Å². The van der Waals surface area contributed by atoms with Gasteiger partial charge in [-0.1, -0.05) is 5.92 Å². The van der Waals surface area contributed by atoms with Gasteiger partial charge in [0.1, 0.15) is 6.61 Å². The van der Waals surface area contributed by atoms with Gasteiger partial charge in [0.15, 0.2) is 0 Å². The highest BCUT2D eigenvalue weighted by molar-refractivity contribution is 6.13. The number of rotatable bonds is 9. The summed E-state index contributed by atoms with van der Waals surface area (Å²) < 4.78 is 11.1. The zero-order valence-electron chi connectivity index (χ0n) is 13.8. The number of carbonyl (C=O) groups is 2. The van der Waals surface area contributed by atoms with Gasteiger partial charge in [0.25, 0.3) is 11.8 Å². The Balaban J connectivity index is 2.40. The number of ether oxygens (including phenoxy) is 2. The fourth-order valence-electron chi connectivity index (χ4n) is 2.21. The Labute approximate surface area is 132 Å². The molecule has 0 saturated carbocycles. The number of carbonyl (C=O) groups excluding carboxylic acids is 2. The van der Waals surface area contributed by atoms with E-state index in [-0.39, 0.29) is 17.4 Å². The molecule has 0 aromatic rings. The van der Waals surface area contributed by atoms with Crippen molar-refractivity contribution >= 4 is 11.8 Å². The minimum absolute atomic E-state index is 0.267. The second kappa shape index (κ2) is 7.57. The molecule has 5 heteroatoms. The van der Waals surface area contributed by atoms with E-state index >= 15 is 0 Å². The Morgan fingerprint density at radius 1 is 1.09 bits per heavy atom. The first-order valence-corrected chi connectivity index (χ1v) is 7.41. The Bertz CT molecular complexity index is 467. The maximum Gasteiger partial charge on any atom is 0.254 e. The molecule has 0 bridgehead atoms. The molecule has 0 radical (unpaired) electrons. The summed E-state index contributed by atoms with van der Waals surface area (Å²) >= 11 is 0. The molecule has 1 aliphatic heterocycles. The molecule has 22 heavy (non-hydrogen) atoms. The van der Waals surface area contributed by atoms with Gasteiger partial charge < -0.3 is 9.47 Å². The standard InChI is InChI=1S/C17H25NO4/c1-6-11-21-12-10-17(4,5)22-13-9-16(2,3)18-14(19)7-8-15(18)20/h1,7-8H,9-13H2,2-5H3. The van der Waals surface area contributed by atoms with Gasteiger partial charge in [-0.25, -0.2) is 0 Å². The number of hydrogen-bond donors (Lipinski definition) is 0. The van der Waals surface area contributed by atoms with Gasteiger partial charge in [0.2, 0.25) is 0 Å². The molecule has 0 unspecified atom stereocenters. The van der Waals surface area contributed by atoms with Crippen LogP contribution < -0.4 is 0 Å². The van der Waals surface area contributed by atoms with Crippen molar-refractivity contribution in [2.75, 3.05) is 19.8 Å². The Morgan fingerprint density at radius 2 is 1.68 bits per heavy atom. The van der Waals surface area contributed by atoms with E-state index in [1.54, 1.807) is 0 Å². The van der Waals surface area contributed by atoms with Gasteiger partial charge in [-0.15, -0.1) is 6.42 Å². The van der Waals surface area contributed by atoms with Crippen molar-refractivity contribution < 1.29 is 19.1 Å². The van der Waals surface area contributed by atoms with Gasteiger partial charge in [0, 0.05) is 24.3 Å². The molecule has 0 N–H and O–H groups in total. The van der Waals surface area contributed by atoms with Crippen molar-refractivity contribution in [2.24, 2.45) is 0 Å². The molecule has 0 atom stereocenters. The smallest absolute Gasteiger partial charge is 0.254 e. The molecular formula is C17H25NO4. The Kier molecular flexibility index (Phi) is 6.34. The van der Waals surface area contributed by atoms with Crippen molar-refractivity contribution in [3.05, 3.63) is 12.2 Å². The molecule has 1 heterocycles. The molecule has 0 saturated heterocycles. The van der Waals surface area contributed by atoms with Crippen LogP contribution in [0.1, 0.15) is 40.5 Å².